The van der Waals surface area contributed by atoms with Crippen LogP contribution in [-0.4, -0.2) is 18.1 Å². The van der Waals surface area contributed by atoms with Crippen molar-refractivity contribution in [3.8, 4) is 5.75 Å². The Hall–Kier alpha value is -1.81. The van der Waals surface area contributed by atoms with E-state index in [1.54, 1.807) is 7.11 Å². The van der Waals surface area contributed by atoms with Gasteiger partial charge in [0.25, 0.3) is 5.56 Å². The van der Waals surface area contributed by atoms with E-state index in [4.69, 9.17) is 4.74 Å². The second-order valence-corrected chi connectivity index (χ2v) is 5.44. The third-order valence-corrected chi connectivity index (χ3v) is 4.06. The van der Waals surface area contributed by atoms with Gasteiger partial charge in [0.2, 0.25) is 0 Å². The lowest BCUT2D eigenvalue weighted by molar-refractivity contribution is 0.415. The summed E-state index contributed by atoms with van der Waals surface area (Å²) in [6, 6.07) is 8.21. The van der Waals surface area contributed by atoms with Gasteiger partial charge in [-0.2, -0.15) is 0 Å². The first-order valence-electron chi connectivity index (χ1n) is 7.19. The molecular formula is C16H20N2O2. The average Bonchev–Trinajstić information content (AvgIpc) is 2.98. The zero-order valence-electron chi connectivity index (χ0n) is 11.7. The number of aromatic nitrogens is 1. The first-order chi connectivity index (χ1) is 9.76. The summed E-state index contributed by atoms with van der Waals surface area (Å²) in [6.07, 6.45) is 5.03. The topological polar surface area (TPSA) is 54.1 Å². The maximum Gasteiger partial charge on any atom is 0.252 e. The van der Waals surface area contributed by atoms with Gasteiger partial charge in [0, 0.05) is 29.1 Å². The SMILES string of the molecule is COc1ccc2[nH]c(=O)c(CNC3CCCC3)cc2c1. The Balaban J connectivity index is 1.85. The average molecular weight is 272 g/mol. The zero-order chi connectivity index (χ0) is 13.9. The molecule has 0 bridgehead atoms. The van der Waals surface area contributed by atoms with Crippen LogP contribution < -0.4 is 15.6 Å². The van der Waals surface area contributed by atoms with Crippen molar-refractivity contribution in [2.75, 3.05) is 7.11 Å². The smallest absolute Gasteiger partial charge is 0.252 e. The van der Waals surface area contributed by atoms with E-state index < -0.39 is 0 Å². The second kappa shape index (κ2) is 5.67. The lowest BCUT2D eigenvalue weighted by Crippen LogP contribution is -2.28. The molecule has 1 aromatic heterocycles. The van der Waals surface area contributed by atoms with Crippen molar-refractivity contribution >= 4 is 10.9 Å². The maximum absolute atomic E-state index is 12.1. The van der Waals surface area contributed by atoms with E-state index in [9.17, 15) is 4.79 Å². The van der Waals surface area contributed by atoms with Gasteiger partial charge in [-0.25, -0.2) is 0 Å². The van der Waals surface area contributed by atoms with Crippen LogP contribution in [0.2, 0.25) is 0 Å². The minimum Gasteiger partial charge on any atom is -0.497 e. The van der Waals surface area contributed by atoms with Crippen molar-refractivity contribution in [3.63, 3.8) is 0 Å². The predicted octanol–water partition coefficient (Wildman–Crippen LogP) is 2.57. The van der Waals surface area contributed by atoms with Gasteiger partial charge in [0.1, 0.15) is 5.75 Å². The number of rotatable bonds is 4. The summed E-state index contributed by atoms with van der Waals surface area (Å²) in [5, 5.41) is 4.49. The molecule has 0 saturated heterocycles. The minimum atomic E-state index is -0.00633. The molecule has 1 fully saturated rings. The molecule has 4 nitrogen and oxygen atoms in total. The largest absolute Gasteiger partial charge is 0.497 e. The zero-order valence-corrected chi connectivity index (χ0v) is 11.7. The summed E-state index contributed by atoms with van der Waals surface area (Å²) in [7, 11) is 1.65. The van der Waals surface area contributed by atoms with Gasteiger partial charge in [-0.05, 0) is 37.1 Å². The highest BCUT2D eigenvalue weighted by Crippen LogP contribution is 2.20. The summed E-state index contributed by atoms with van der Waals surface area (Å²) < 4.78 is 5.23. The van der Waals surface area contributed by atoms with Crippen LogP contribution in [0.25, 0.3) is 10.9 Å². The van der Waals surface area contributed by atoms with Gasteiger partial charge in [0.05, 0.1) is 7.11 Å². The molecule has 4 heteroatoms. The fourth-order valence-corrected chi connectivity index (χ4v) is 2.87. The molecule has 3 rings (SSSR count). The van der Waals surface area contributed by atoms with Crippen molar-refractivity contribution in [1.82, 2.24) is 10.3 Å². The lowest BCUT2D eigenvalue weighted by atomic mass is 10.1. The van der Waals surface area contributed by atoms with Gasteiger partial charge in [0.15, 0.2) is 0 Å². The van der Waals surface area contributed by atoms with E-state index in [1.807, 2.05) is 24.3 Å². The fourth-order valence-electron chi connectivity index (χ4n) is 2.87. The molecule has 2 aromatic rings. The number of aromatic amines is 1. The Kier molecular flexibility index (Phi) is 3.74. The minimum absolute atomic E-state index is 0.00633. The van der Waals surface area contributed by atoms with Crippen LogP contribution in [0.15, 0.2) is 29.1 Å². The summed E-state index contributed by atoms with van der Waals surface area (Å²) in [5.74, 6) is 0.805. The standard InChI is InChI=1S/C16H20N2O2/c1-20-14-6-7-15-11(9-14)8-12(16(19)18-15)10-17-13-4-2-3-5-13/h6-9,13,17H,2-5,10H2,1H3,(H,18,19). The van der Waals surface area contributed by atoms with E-state index in [1.165, 1.54) is 25.7 Å². The van der Waals surface area contributed by atoms with E-state index in [0.717, 1.165) is 22.2 Å². The first kappa shape index (κ1) is 13.2. The van der Waals surface area contributed by atoms with Crippen LogP contribution in [0.5, 0.6) is 5.75 Å². The Morgan fingerprint density at radius 2 is 2.10 bits per heavy atom. The summed E-state index contributed by atoms with van der Waals surface area (Å²) in [5.41, 5.74) is 1.63. The molecule has 1 heterocycles. The fraction of sp³-hybridized carbons (Fsp3) is 0.438. The van der Waals surface area contributed by atoms with E-state index in [2.05, 4.69) is 10.3 Å². The number of fused-ring (bicyclic) bond motifs is 1. The van der Waals surface area contributed by atoms with E-state index in [0.29, 0.717) is 12.6 Å². The van der Waals surface area contributed by atoms with Gasteiger partial charge < -0.3 is 15.0 Å². The van der Waals surface area contributed by atoms with Gasteiger partial charge in [-0.15, -0.1) is 0 Å². The van der Waals surface area contributed by atoms with Crippen LogP contribution in [0, 0.1) is 0 Å². The van der Waals surface area contributed by atoms with Gasteiger partial charge in [-0.3, -0.25) is 4.79 Å². The van der Waals surface area contributed by atoms with Crippen molar-refractivity contribution in [3.05, 3.63) is 40.2 Å². The molecule has 106 valence electrons. The Morgan fingerprint density at radius 1 is 1.30 bits per heavy atom. The molecule has 2 N–H and O–H groups in total. The number of H-pyrrole nitrogens is 1. The Morgan fingerprint density at radius 3 is 2.85 bits per heavy atom. The molecule has 1 saturated carbocycles. The van der Waals surface area contributed by atoms with Crippen LogP contribution in [0.1, 0.15) is 31.2 Å². The number of methoxy groups -OCH3 is 1. The normalized spacial score (nSPS) is 15.8. The van der Waals surface area contributed by atoms with Crippen LogP contribution in [0.3, 0.4) is 0 Å². The number of pyridine rings is 1. The van der Waals surface area contributed by atoms with E-state index in [-0.39, 0.29) is 5.56 Å². The maximum atomic E-state index is 12.1. The van der Waals surface area contributed by atoms with Crippen molar-refractivity contribution in [2.24, 2.45) is 0 Å². The molecule has 0 atom stereocenters. The number of ether oxygens (including phenoxy) is 1. The summed E-state index contributed by atoms with van der Waals surface area (Å²) >= 11 is 0. The molecule has 1 aliphatic rings. The number of nitrogens with one attached hydrogen (secondary N) is 2. The summed E-state index contributed by atoms with van der Waals surface area (Å²) in [4.78, 5) is 15.0. The number of benzene rings is 1. The molecule has 0 unspecified atom stereocenters. The molecule has 1 aliphatic carbocycles. The van der Waals surface area contributed by atoms with Crippen LogP contribution in [-0.2, 0) is 6.54 Å². The van der Waals surface area contributed by atoms with Crippen LogP contribution in [0.4, 0.5) is 0 Å². The molecule has 1 aromatic carbocycles. The van der Waals surface area contributed by atoms with Gasteiger partial charge >= 0.3 is 0 Å². The highest BCUT2D eigenvalue weighted by atomic mass is 16.5. The quantitative estimate of drug-likeness (QED) is 0.899. The molecule has 0 radical (unpaired) electrons. The van der Waals surface area contributed by atoms with E-state index >= 15 is 0 Å². The molecular weight excluding hydrogens is 252 g/mol. The number of hydrogen-bond acceptors (Lipinski definition) is 3. The van der Waals surface area contributed by atoms with Crippen LogP contribution >= 0.6 is 0 Å². The lowest BCUT2D eigenvalue weighted by Gasteiger charge is -2.11. The second-order valence-electron chi connectivity index (χ2n) is 5.44. The Labute approximate surface area is 118 Å². The highest BCUT2D eigenvalue weighted by molar-refractivity contribution is 5.80. The first-order valence-corrected chi connectivity index (χ1v) is 7.19. The summed E-state index contributed by atoms with van der Waals surface area (Å²) in [6.45, 7) is 0.632. The Bertz CT molecular complexity index is 657. The number of hydrogen-bond donors (Lipinski definition) is 2. The van der Waals surface area contributed by atoms with Gasteiger partial charge in [-0.1, -0.05) is 12.8 Å². The predicted molar refractivity (Wildman–Crippen MR) is 80.2 cm³/mol. The third-order valence-electron chi connectivity index (χ3n) is 4.06. The van der Waals surface area contributed by atoms with Crippen molar-refractivity contribution in [1.29, 1.82) is 0 Å². The molecule has 20 heavy (non-hydrogen) atoms. The third kappa shape index (κ3) is 2.70. The molecule has 0 aliphatic heterocycles. The highest BCUT2D eigenvalue weighted by Gasteiger charge is 2.14. The molecule has 0 spiro atoms. The van der Waals surface area contributed by atoms with Crippen molar-refractivity contribution in [2.45, 2.75) is 38.3 Å². The molecule has 0 amide bonds. The van der Waals surface area contributed by atoms with Crippen molar-refractivity contribution < 1.29 is 4.74 Å². The monoisotopic (exact) mass is 272 g/mol.